The number of phenols is 1. The Morgan fingerprint density at radius 1 is 0.296 bits per heavy atom. The molecule has 6 aromatic carbocycles. The van der Waals surface area contributed by atoms with E-state index in [2.05, 4.69) is 72.8 Å². The Balaban J connectivity index is 1.10. The Hall–Kier alpha value is -6.64. The Kier molecular flexibility index (Phi) is 17.3. The quantitative estimate of drug-likeness (QED) is 0.145. The molecule has 0 unspecified atom stereocenters. The van der Waals surface area contributed by atoms with Gasteiger partial charge in [-0.05, 0) is 87.7 Å². The first-order chi connectivity index (χ1) is 35.0. The molecule has 1 N–H and O–H groups in total. The molecule has 0 atom stereocenters. The highest BCUT2D eigenvalue weighted by atomic mass is 16.6. The summed E-state index contributed by atoms with van der Waals surface area (Å²) in [6, 6.07) is 34.6. The molecule has 12 bridgehead atoms. The van der Waals surface area contributed by atoms with Crippen LogP contribution in [0, 0.1) is 13.8 Å². The van der Waals surface area contributed by atoms with Crippen LogP contribution >= 0.6 is 0 Å². The normalized spacial score (nSPS) is 16.8. The van der Waals surface area contributed by atoms with E-state index in [0.29, 0.717) is 147 Å². The molecule has 4 aliphatic heterocycles. The van der Waals surface area contributed by atoms with E-state index >= 15 is 0 Å². The highest BCUT2D eigenvalue weighted by Crippen LogP contribution is 2.40. The minimum atomic E-state index is 0.121. The number of benzene rings is 6. The van der Waals surface area contributed by atoms with E-state index in [9.17, 15) is 5.11 Å². The SMILES string of the molecule is Cc1ccc2c(c1)OCCOCCOc1c3cccc1Cc1cccc4c1OCCOCCOc1cc(O)c(C)cc1OCCOCCOc1c(cccc1C3)Cc1cccc(c1OCCOCCO2)C4. The van der Waals surface area contributed by atoms with Gasteiger partial charge < -0.3 is 61.9 Å². The van der Waals surface area contributed by atoms with Gasteiger partial charge in [-0.2, -0.15) is 0 Å². The van der Waals surface area contributed by atoms with Crippen LogP contribution < -0.4 is 37.9 Å². The van der Waals surface area contributed by atoms with Gasteiger partial charge in [-0.25, -0.2) is 0 Å². The van der Waals surface area contributed by atoms with E-state index in [0.717, 1.165) is 73.1 Å². The molecule has 5 aliphatic rings. The minimum absolute atomic E-state index is 0.121. The molecule has 0 spiro atoms. The number of hydrogen-bond acceptors (Lipinski definition) is 13. The summed E-state index contributed by atoms with van der Waals surface area (Å²) in [7, 11) is 0. The summed E-state index contributed by atoms with van der Waals surface area (Å²) in [5.74, 6) is 5.54. The van der Waals surface area contributed by atoms with E-state index in [4.69, 9.17) is 56.8 Å². The van der Waals surface area contributed by atoms with Gasteiger partial charge in [-0.3, -0.25) is 0 Å². The number of phenolic OH excluding ortho intramolecular Hbond substituents is 1. The van der Waals surface area contributed by atoms with Gasteiger partial charge in [0.1, 0.15) is 81.6 Å². The van der Waals surface area contributed by atoms with Crippen molar-refractivity contribution in [2.24, 2.45) is 0 Å². The van der Waals surface area contributed by atoms with Crippen LogP contribution in [0.2, 0.25) is 0 Å². The molecule has 13 heteroatoms. The third-order valence-corrected chi connectivity index (χ3v) is 12.4. The summed E-state index contributed by atoms with van der Waals surface area (Å²) in [4.78, 5) is 0. The van der Waals surface area contributed by atoms with Crippen molar-refractivity contribution in [2.75, 3.05) is 106 Å². The summed E-state index contributed by atoms with van der Waals surface area (Å²) in [5, 5.41) is 10.5. The molecule has 11 rings (SSSR count). The zero-order valence-electron chi connectivity index (χ0n) is 40.8. The van der Waals surface area contributed by atoms with Crippen molar-refractivity contribution >= 4 is 0 Å². The highest BCUT2D eigenvalue weighted by Gasteiger charge is 2.22. The van der Waals surface area contributed by atoms with Crippen LogP contribution in [0.5, 0.6) is 51.7 Å². The second kappa shape index (κ2) is 25.0. The number of ether oxygens (including phenoxy) is 12. The summed E-state index contributed by atoms with van der Waals surface area (Å²) in [5.41, 5.74) is 9.83. The lowest BCUT2D eigenvalue weighted by Gasteiger charge is -2.23. The summed E-state index contributed by atoms with van der Waals surface area (Å²) < 4.78 is 76.1. The number of hydrogen-bond donors (Lipinski definition) is 1. The molecule has 0 aromatic heterocycles. The molecule has 0 saturated carbocycles. The molecule has 4 heterocycles. The second-order valence-electron chi connectivity index (χ2n) is 17.6. The molecule has 13 nitrogen and oxygen atoms in total. The van der Waals surface area contributed by atoms with Gasteiger partial charge in [0.15, 0.2) is 23.0 Å². The fourth-order valence-electron chi connectivity index (χ4n) is 9.01. The maximum absolute atomic E-state index is 10.5. The predicted octanol–water partition coefficient (Wildman–Crippen LogP) is 9.21. The molecule has 0 saturated heterocycles. The van der Waals surface area contributed by atoms with Gasteiger partial charge >= 0.3 is 0 Å². The van der Waals surface area contributed by atoms with E-state index < -0.39 is 0 Å². The summed E-state index contributed by atoms with van der Waals surface area (Å²) in [6.07, 6.45) is 2.14. The third kappa shape index (κ3) is 13.2. The van der Waals surface area contributed by atoms with Crippen LogP contribution in [0.3, 0.4) is 0 Å². The fraction of sp³-hybridized carbons (Fsp3) is 0.379. The number of para-hydroxylation sites is 4. The van der Waals surface area contributed by atoms with Crippen LogP contribution in [0.25, 0.3) is 0 Å². The topological polar surface area (TPSA) is 131 Å². The predicted molar refractivity (Wildman–Crippen MR) is 268 cm³/mol. The van der Waals surface area contributed by atoms with Crippen LogP contribution in [0.1, 0.15) is 55.6 Å². The van der Waals surface area contributed by atoms with Gasteiger partial charge in [0.2, 0.25) is 0 Å². The molecule has 0 radical (unpaired) electrons. The third-order valence-electron chi connectivity index (χ3n) is 12.4. The molecule has 0 fully saturated rings. The summed E-state index contributed by atoms with van der Waals surface area (Å²) in [6.45, 7) is 8.94. The zero-order chi connectivity index (χ0) is 48.6. The molecule has 1 aliphatic carbocycles. The van der Waals surface area contributed by atoms with Crippen molar-refractivity contribution in [1.29, 1.82) is 0 Å². The average Bonchev–Trinajstić information content (AvgIpc) is 3.36. The lowest BCUT2D eigenvalue weighted by atomic mass is 9.91. The monoisotopic (exact) mass is 968 g/mol. The van der Waals surface area contributed by atoms with Gasteiger partial charge in [0, 0.05) is 31.7 Å². The number of aromatic hydroxyl groups is 1. The van der Waals surface area contributed by atoms with Crippen molar-refractivity contribution in [3.8, 4) is 51.7 Å². The van der Waals surface area contributed by atoms with Gasteiger partial charge in [0.05, 0.1) is 52.9 Å². The van der Waals surface area contributed by atoms with Gasteiger partial charge in [-0.15, -0.1) is 0 Å². The van der Waals surface area contributed by atoms with Gasteiger partial charge in [-0.1, -0.05) is 78.9 Å². The smallest absolute Gasteiger partial charge is 0.164 e. The lowest BCUT2D eigenvalue weighted by molar-refractivity contribution is 0.0694. The zero-order valence-corrected chi connectivity index (χ0v) is 40.8. The standard InChI is InChI=1S/C58H64O13/c1-40-15-16-51-52(33-40)65-26-18-61-22-30-69-56-44-9-4-10-45(56)38-49-14-6-13-48-36-43-8-3-7-42(55(43)68-29-21-60-17-25-64-51)35-46-11-5-12-47(37-44)57(46)70-31-23-62-19-27-66-53-34-41(2)50(59)39-54(53)67-28-20-63-24-32-71-58(48)49/h3-16,33-34,39,59H,17-32,35-38H2,1-2H3. The molecule has 6 aromatic rings. The fourth-order valence-corrected chi connectivity index (χ4v) is 9.01. The molecular weight excluding hydrogens is 905 g/mol. The average molecular weight is 969 g/mol. The second-order valence-corrected chi connectivity index (χ2v) is 17.6. The number of fused-ring (bicyclic) bond motifs is 24. The Morgan fingerprint density at radius 2 is 0.577 bits per heavy atom. The minimum Gasteiger partial charge on any atom is -0.508 e. The molecule has 71 heavy (non-hydrogen) atoms. The van der Waals surface area contributed by atoms with Crippen LogP contribution in [-0.4, -0.2) is 111 Å². The first-order valence-corrected chi connectivity index (χ1v) is 24.7. The first kappa shape index (κ1) is 49.3. The van der Waals surface area contributed by atoms with Crippen LogP contribution in [-0.2, 0) is 44.6 Å². The highest BCUT2D eigenvalue weighted by molar-refractivity contribution is 5.56. The van der Waals surface area contributed by atoms with Crippen LogP contribution in [0.4, 0.5) is 0 Å². The molecular formula is C58H64O13. The van der Waals surface area contributed by atoms with E-state index in [-0.39, 0.29) is 19.0 Å². The first-order valence-electron chi connectivity index (χ1n) is 24.7. The molecule has 0 amide bonds. The maximum Gasteiger partial charge on any atom is 0.164 e. The van der Waals surface area contributed by atoms with E-state index in [1.807, 2.05) is 32.0 Å². The largest absolute Gasteiger partial charge is 0.508 e. The number of rotatable bonds is 0. The van der Waals surface area contributed by atoms with Crippen molar-refractivity contribution < 1.29 is 61.9 Å². The Labute approximate surface area is 416 Å². The summed E-state index contributed by atoms with van der Waals surface area (Å²) >= 11 is 0. The van der Waals surface area contributed by atoms with Crippen molar-refractivity contribution in [3.63, 3.8) is 0 Å². The Morgan fingerprint density at radius 3 is 0.915 bits per heavy atom. The number of aryl methyl sites for hydroxylation is 2. The maximum atomic E-state index is 10.5. The van der Waals surface area contributed by atoms with E-state index in [1.54, 1.807) is 12.1 Å². The van der Waals surface area contributed by atoms with E-state index in [1.165, 1.54) is 0 Å². The Bertz CT molecular complexity index is 2560. The van der Waals surface area contributed by atoms with Crippen LogP contribution in [0.15, 0.2) is 103 Å². The van der Waals surface area contributed by atoms with Gasteiger partial charge in [0.25, 0.3) is 0 Å². The van der Waals surface area contributed by atoms with Crippen molar-refractivity contribution in [1.82, 2.24) is 0 Å². The molecule has 374 valence electrons. The lowest BCUT2D eigenvalue weighted by Crippen LogP contribution is -2.15. The van der Waals surface area contributed by atoms with Crippen molar-refractivity contribution in [3.05, 3.63) is 159 Å². The van der Waals surface area contributed by atoms with Crippen molar-refractivity contribution in [2.45, 2.75) is 39.5 Å².